The summed E-state index contributed by atoms with van der Waals surface area (Å²) in [7, 11) is -2.49. The lowest BCUT2D eigenvalue weighted by Gasteiger charge is -2.16. The number of carbonyl (C=O) groups excluding carboxylic acids is 1. The molecule has 2 aromatic heterocycles. The Morgan fingerprint density at radius 3 is 2.54 bits per heavy atom. The number of hydrazine groups is 1. The zero-order chi connectivity index (χ0) is 20.1. The highest BCUT2D eigenvalue weighted by molar-refractivity contribution is 9.10. The first-order valence-electron chi connectivity index (χ1n) is 7.87. The minimum atomic E-state index is -3.80. The van der Waals surface area contributed by atoms with Crippen LogP contribution in [-0.4, -0.2) is 47.3 Å². The second-order valence-corrected chi connectivity index (χ2v) is 8.51. The van der Waals surface area contributed by atoms with Gasteiger partial charge in [0.25, 0.3) is 5.91 Å². The smallest absolute Gasteiger partial charge is 0.313 e. The summed E-state index contributed by atoms with van der Waals surface area (Å²) in [6, 6.07) is 9.48. The number of nitrogens with one attached hydrogen (secondary N) is 2. The van der Waals surface area contributed by atoms with Crippen LogP contribution < -0.4 is 10.9 Å². The van der Waals surface area contributed by atoms with Crippen LogP contribution in [0.1, 0.15) is 0 Å². The lowest BCUT2D eigenvalue weighted by atomic mass is 10.3. The molecule has 1 aromatic carbocycles. The number of halogens is 1. The maximum absolute atomic E-state index is 12.5. The van der Waals surface area contributed by atoms with Crippen LogP contribution in [0.5, 0.6) is 0 Å². The minimum absolute atomic E-state index is 0.0430. The third-order valence-corrected chi connectivity index (χ3v) is 5.91. The molecule has 146 valence electrons. The SMILES string of the molecule is CN(CC(=O)NNc1nc(-c2ccncc2)no1)S(=O)(=O)c1ccc(Br)cc1. The maximum atomic E-state index is 12.5. The van der Waals surface area contributed by atoms with Crippen LogP contribution in [-0.2, 0) is 14.8 Å². The number of carbonyl (C=O) groups is 1. The molecule has 10 nitrogen and oxygen atoms in total. The van der Waals surface area contributed by atoms with Crippen molar-refractivity contribution in [2.45, 2.75) is 4.90 Å². The second kappa shape index (κ2) is 8.46. The number of pyridine rings is 1. The molecule has 28 heavy (non-hydrogen) atoms. The summed E-state index contributed by atoms with van der Waals surface area (Å²) in [4.78, 5) is 20.1. The molecule has 0 fully saturated rings. The summed E-state index contributed by atoms with van der Waals surface area (Å²) in [5, 5.41) is 3.77. The Bertz CT molecular complexity index is 1060. The Labute approximate surface area is 169 Å². The standard InChI is InChI=1S/C16H15BrN6O4S/c1-23(28(25,26)13-4-2-12(17)3-5-13)10-14(24)20-21-16-19-15(22-27-16)11-6-8-18-9-7-11/h2-9H,10H2,1H3,(H,20,24)(H,19,21,22). The molecule has 0 aliphatic heterocycles. The van der Waals surface area contributed by atoms with E-state index in [4.69, 9.17) is 4.52 Å². The third kappa shape index (κ3) is 4.71. The van der Waals surface area contributed by atoms with Crippen molar-refractivity contribution < 1.29 is 17.7 Å². The van der Waals surface area contributed by atoms with Gasteiger partial charge in [0.1, 0.15) is 0 Å². The molecule has 0 unspecified atom stereocenters. The highest BCUT2D eigenvalue weighted by Gasteiger charge is 2.23. The van der Waals surface area contributed by atoms with Crippen LogP contribution >= 0.6 is 15.9 Å². The summed E-state index contributed by atoms with van der Waals surface area (Å²) < 4.78 is 31.6. The van der Waals surface area contributed by atoms with E-state index in [0.717, 1.165) is 8.78 Å². The van der Waals surface area contributed by atoms with Gasteiger partial charge in [0.15, 0.2) is 0 Å². The summed E-state index contributed by atoms with van der Waals surface area (Å²) in [5.41, 5.74) is 5.46. The quantitative estimate of drug-likeness (QED) is 0.502. The minimum Gasteiger partial charge on any atom is -0.313 e. The molecular formula is C16H15BrN6O4S. The fourth-order valence-electron chi connectivity index (χ4n) is 2.13. The molecule has 2 heterocycles. The van der Waals surface area contributed by atoms with Crippen molar-refractivity contribution in [2.75, 3.05) is 19.0 Å². The molecule has 0 saturated heterocycles. The van der Waals surface area contributed by atoms with Gasteiger partial charge in [-0.2, -0.15) is 9.29 Å². The molecular weight excluding hydrogens is 452 g/mol. The van der Waals surface area contributed by atoms with Gasteiger partial charge >= 0.3 is 6.01 Å². The van der Waals surface area contributed by atoms with E-state index < -0.39 is 22.5 Å². The van der Waals surface area contributed by atoms with Gasteiger partial charge in [0.2, 0.25) is 15.8 Å². The molecule has 0 saturated carbocycles. The van der Waals surface area contributed by atoms with Crippen LogP contribution in [0.2, 0.25) is 0 Å². The number of amides is 1. The van der Waals surface area contributed by atoms with E-state index >= 15 is 0 Å². The number of hydrogen-bond acceptors (Lipinski definition) is 8. The number of anilines is 1. The second-order valence-electron chi connectivity index (χ2n) is 5.55. The zero-order valence-electron chi connectivity index (χ0n) is 14.5. The summed E-state index contributed by atoms with van der Waals surface area (Å²) in [6.45, 7) is -0.406. The fourth-order valence-corrected chi connectivity index (χ4v) is 3.52. The monoisotopic (exact) mass is 466 g/mol. The number of nitrogens with zero attached hydrogens (tertiary/aromatic N) is 4. The first-order valence-corrected chi connectivity index (χ1v) is 10.1. The van der Waals surface area contributed by atoms with E-state index in [9.17, 15) is 13.2 Å². The van der Waals surface area contributed by atoms with E-state index in [-0.39, 0.29) is 10.9 Å². The van der Waals surface area contributed by atoms with E-state index in [1.165, 1.54) is 19.2 Å². The maximum Gasteiger partial charge on any atom is 0.340 e. The Balaban J connectivity index is 1.57. The Morgan fingerprint density at radius 2 is 1.86 bits per heavy atom. The first kappa shape index (κ1) is 19.9. The van der Waals surface area contributed by atoms with Crippen LogP contribution in [0.25, 0.3) is 11.4 Å². The van der Waals surface area contributed by atoms with Crippen molar-refractivity contribution in [1.82, 2.24) is 24.9 Å². The van der Waals surface area contributed by atoms with Crippen molar-refractivity contribution in [3.05, 3.63) is 53.3 Å². The van der Waals surface area contributed by atoms with Crippen molar-refractivity contribution in [3.63, 3.8) is 0 Å². The summed E-state index contributed by atoms with van der Waals surface area (Å²) >= 11 is 3.24. The molecule has 0 bridgehead atoms. The fraction of sp³-hybridized carbons (Fsp3) is 0.125. The van der Waals surface area contributed by atoms with Gasteiger partial charge in [-0.3, -0.25) is 15.2 Å². The van der Waals surface area contributed by atoms with Crippen LogP contribution in [0.4, 0.5) is 6.01 Å². The molecule has 3 rings (SSSR count). The molecule has 0 aliphatic rings. The molecule has 1 amide bonds. The van der Waals surface area contributed by atoms with Crippen molar-refractivity contribution in [1.29, 1.82) is 0 Å². The molecule has 0 atom stereocenters. The van der Waals surface area contributed by atoms with Gasteiger partial charge in [-0.1, -0.05) is 21.1 Å². The van der Waals surface area contributed by atoms with Gasteiger partial charge in [-0.05, 0) is 36.4 Å². The van der Waals surface area contributed by atoms with Crippen LogP contribution in [0.3, 0.4) is 0 Å². The van der Waals surface area contributed by atoms with E-state index in [0.29, 0.717) is 11.4 Å². The van der Waals surface area contributed by atoms with Gasteiger partial charge in [-0.25, -0.2) is 13.8 Å². The average Bonchev–Trinajstić information content (AvgIpc) is 3.16. The Kier molecular flexibility index (Phi) is 6.02. The predicted octanol–water partition coefficient (Wildman–Crippen LogP) is 1.66. The largest absolute Gasteiger partial charge is 0.340 e. The van der Waals surface area contributed by atoms with Crippen LogP contribution in [0, 0.1) is 0 Å². The van der Waals surface area contributed by atoms with E-state index in [1.54, 1.807) is 36.7 Å². The topological polar surface area (TPSA) is 130 Å². The van der Waals surface area contributed by atoms with Crippen molar-refractivity contribution in [2.24, 2.45) is 0 Å². The molecule has 12 heteroatoms. The normalized spacial score (nSPS) is 11.4. The van der Waals surface area contributed by atoms with Gasteiger partial charge in [-0.15, -0.1) is 0 Å². The van der Waals surface area contributed by atoms with Gasteiger partial charge in [0.05, 0.1) is 11.4 Å². The Morgan fingerprint density at radius 1 is 1.18 bits per heavy atom. The van der Waals surface area contributed by atoms with Crippen molar-refractivity contribution in [3.8, 4) is 11.4 Å². The molecule has 0 radical (unpaired) electrons. The van der Waals surface area contributed by atoms with Gasteiger partial charge in [0, 0.05) is 29.5 Å². The third-order valence-electron chi connectivity index (χ3n) is 3.56. The molecule has 0 spiro atoms. The molecule has 2 N–H and O–H groups in total. The number of likely N-dealkylation sites (N-methyl/N-ethyl adjacent to an activating group) is 1. The summed E-state index contributed by atoms with van der Waals surface area (Å²) in [5.74, 6) is -0.291. The summed E-state index contributed by atoms with van der Waals surface area (Å²) in [6.07, 6.45) is 3.17. The lowest BCUT2D eigenvalue weighted by molar-refractivity contribution is -0.120. The number of aromatic nitrogens is 3. The average molecular weight is 467 g/mol. The van der Waals surface area contributed by atoms with Crippen LogP contribution in [0.15, 0.2) is 62.7 Å². The number of rotatable bonds is 7. The number of sulfonamides is 1. The predicted molar refractivity (Wildman–Crippen MR) is 103 cm³/mol. The zero-order valence-corrected chi connectivity index (χ0v) is 16.9. The lowest BCUT2D eigenvalue weighted by Crippen LogP contribution is -2.40. The van der Waals surface area contributed by atoms with Gasteiger partial charge < -0.3 is 4.52 Å². The van der Waals surface area contributed by atoms with E-state index in [1.807, 2.05) is 0 Å². The highest BCUT2D eigenvalue weighted by Crippen LogP contribution is 2.18. The number of benzene rings is 1. The molecule has 3 aromatic rings. The first-order chi connectivity index (χ1) is 13.4. The van der Waals surface area contributed by atoms with E-state index in [2.05, 4.69) is 41.9 Å². The number of hydrogen-bond donors (Lipinski definition) is 2. The Hall–Kier alpha value is -2.83. The van der Waals surface area contributed by atoms with Crippen molar-refractivity contribution >= 4 is 37.9 Å². The molecule has 0 aliphatic carbocycles. The highest BCUT2D eigenvalue weighted by atomic mass is 79.9.